The highest BCUT2D eigenvalue weighted by molar-refractivity contribution is 5.29. The Morgan fingerprint density at radius 1 is 1.07 bits per heavy atom. The SMILES string of the molecule is CCCc1ccc(C)c(C)c1.CNC. The van der Waals surface area contributed by atoms with Gasteiger partial charge in [0.25, 0.3) is 0 Å². The summed E-state index contributed by atoms with van der Waals surface area (Å²) in [4.78, 5) is 0. The first kappa shape index (κ1) is 13.2. The molecule has 0 aliphatic heterocycles. The predicted molar refractivity (Wildman–Crippen MR) is 64.9 cm³/mol. The summed E-state index contributed by atoms with van der Waals surface area (Å²) in [6, 6.07) is 6.73. The van der Waals surface area contributed by atoms with Gasteiger partial charge in [-0.25, -0.2) is 0 Å². The van der Waals surface area contributed by atoms with Crippen LogP contribution in [0.1, 0.15) is 30.0 Å². The summed E-state index contributed by atoms with van der Waals surface area (Å²) in [7, 11) is 3.75. The number of rotatable bonds is 2. The fraction of sp³-hybridized carbons (Fsp3) is 0.538. The van der Waals surface area contributed by atoms with Crippen LogP contribution >= 0.6 is 0 Å². The third kappa shape index (κ3) is 5.03. The van der Waals surface area contributed by atoms with Crippen molar-refractivity contribution in [3.8, 4) is 0 Å². The molecule has 0 aromatic heterocycles. The summed E-state index contributed by atoms with van der Waals surface area (Å²) in [5, 5.41) is 2.75. The Kier molecular flexibility index (Phi) is 7.13. The van der Waals surface area contributed by atoms with E-state index in [1.807, 2.05) is 14.1 Å². The van der Waals surface area contributed by atoms with Crippen LogP contribution in [0.15, 0.2) is 18.2 Å². The van der Waals surface area contributed by atoms with Crippen molar-refractivity contribution >= 4 is 0 Å². The van der Waals surface area contributed by atoms with Gasteiger partial charge in [-0.05, 0) is 51.1 Å². The first-order valence-electron chi connectivity index (χ1n) is 5.30. The van der Waals surface area contributed by atoms with Crippen LogP contribution in [-0.2, 0) is 6.42 Å². The maximum absolute atomic E-state index is 2.75. The highest BCUT2D eigenvalue weighted by Crippen LogP contribution is 2.10. The minimum absolute atomic E-state index is 1.21. The first-order chi connectivity index (χ1) is 6.65. The Balaban J connectivity index is 0.000000500. The van der Waals surface area contributed by atoms with E-state index in [-0.39, 0.29) is 0 Å². The molecule has 1 nitrogen and oxygen atoms in total. The van der Waals surface area contributed by atoms with Crippen LogP contribution in [0.4, 0.5) is 0 Å². The minimum Gasteiger partial charge on any atom is -0.323 e. The van der Waals surface area contributed by atoms with Crippen molar-refractivity contribution in [2.75, 3.05) is 14.1 Å². The van der Waals surface area contributed by atoms with Crippen LogP contribution in [0, 0.1) is 13.8 Å². The van der Waals surface area contributed by atoms with Crippen LogP contribution in [0.3, 0.4) is 0 Å². The lowest BCUT2D eigenvalue weighted by molar-refractivity contribution is 0.919. The average molecular weight is 193 g/mol. The molecule has 0 amide bonds. The molecule has 0 radical (unpaired) electrons. The van der Waals surface area contributed by atoms with Gasteiger partial charge >= 0.3 is 0 Å². The second kappa shape index (κ2) is 7.57. The molecule has 0 aliphatic carbocycles. The monoisotopic (exact) mass is 193 g/mol. The van der Waals surface area contributed by atoms with E-state index >= 15 is 0 Å². The Bertz CT molecular complexity index is 253. The molecule has 0 aliphatic rings. The number of aryl methyl sites for hydroxylation is 3. The summed E-state index contributed by atoms with van der Waals surface area (Å²) < 4.78 is 0. The van der Waals surface area contributed by atoms with E-state index in [1.54, 1.807) is 0 Å². The predicted octanol–water partition coefficient (Wildman–Crippen LogP) is 3.09. The second-order valence-corrected chi connectivity index (χ2v) is 3.67. The Hall–Kier alpha value is -0.820. The minimum atomic E-state index is 1.21. The Morgan fingerprint density at radius 3 is 2.07 bits per heavy atom. The molecule has 0 unspecified atom stereocenters. The lowest BCUT2D eigenvalue weighted by atomic mass is 10.0. The van der Waals surface area contributed by atoms with Gasteiger partial charge < -0.3 is 5.32 Å². The standard InChI is InChI=1S/C11H16.C2H7N/c1-4-5-11-7-6-9(2)10(3)8-11;1-3-2/h6-8H,4-5H2,1-3H3;3H,1-2H3. The van der Waals surface area contributed by atoms with Gasteiger partial charge in [0.2, 0.25) is 0 Å². The number of nitrogens with one attached hydrogen (secondary N) is 1. The van der Waals surface area contributed by atoms with E-state index in [4.69, 9.17) is 0 Å². The van der Waals surface area contributed by atoms with Gasteiger partial charge in [-0.1, -0.05) is 31.5 Å². The van der Waals surface area contributed by atoms with Crippen molar-refractivity contribution in [2.45, 2.75) is 33.6 Å². The molecule has 0 saturated carbocycles. The molecule has 1 heteroatoms. The van der Waals surface area contributed by atoms with Crippen LogP contribution in [0.2, 0.25) is 0 Å². The van der Waals surface area contributed by atoms with E-state index in [2.05, 4.69) is 44.3 Å². The van der Waals surface area contributed by atoms with Crippen LogP contribution in [0.5, 0.6) is 0 Å². The molecule has 0 bridgehead atoms. The topological polar surface area (TPSA) is 12.0 Å². The number of hydrogen-bond acceptors (Lipinski definition) is 1. The summed E-state index contributed by atoms with van der Waals surface area (Å²) in [6.07, 6.45) is 2.45. The van der Waals surface area contributed by atoms with Crippen molar-refractivity contribution in [2.24, 2.45) is 0 Å². The normalized spacial score (nSPS) is 9.21. The maximum atomic E-state index is 2.75. The molecular weight excluding hydrogens is 170 g/mol. The van der Waals surface area contributed by atoms with Gasteiger partial charge in [0.15, 0.2) is 0 Å². The van der Waals surface area contributed by atoms with Crippen molar-refractivity contribution < 1.29 is 0 Å². The van der Waals surface area contributed by atoms with Gasteiger partial charge in [-0.3, -0.25) is 0 Å². The summed E-state index contributed by atoms with van der Waals surface area (Å²) in [5.41, 5.74) is 4.27. The molecule has 1 aromatic carbocycles. The van der Waals surface area contributed by atoms with Crippen molar-refractivity contribution in [1.82, 2.24) is 5.32 Å². The molecule has 1 aromatic rings. The van der Waals surface area contributed by atoms with E-state index < -0.39 is 0 Å². The van der Waals surface area contributed by atoms with Crippen molar-refractivity contribution in [3.05, 3.63) is 34.9 Å². The zero-order valence-corrected chi connectivity index (χ0v) is 10.1. The average Bonchev–Trinajstić information content (AvgIpc) is 2.13. The molecule has 0 fully saturated rings. The summed E-state index contributed by atoms with van der Waals surface area (Å²) in [5.74, 6) is 0. The van der Waals surface area contributed by atoms with Crippen LogP contribution in [0.25, 0.3) is 0 Å². The zero-order chi connectivity index (χ0) is 11.0. The van der Waals surface area contributed by atoms with Crippen molar-refractivity contribution in [1.29, 1.82) is 0 Å². The van der Waals surface area contributed by atoms with Crippen LogP contribution in [-0.4, -0.2) is 14.1 Å². The molecular formula is C13H23N. The maximum Gasteiger partial charge on any atom is -0.0167 e. The molecule has 0 spiro atoms. The fourth-order valence-electron chi connectivity index (χ4n) is 1.25. The number of hydrogen-bond donors (Lipinski definition) is 1. The molecule has 1 rings (SSSR count). The lowest BCUT2D eigenvalue weighted by Crippen LogP contribution is -1.89. The van der Waals surface area contributed by atoms with Gasteiger partial charge in [0, 0.05) is 0 Å². The third-order valence-corrected chi connectivity index (χ3v) is 2.11. The third-order valence-electron chi connectivity index (χ3n) is 2.11. The highest BCUT2D eigenvalue weighted by Gasteiger charge is 1.93. The summed E-state index contributed by atoms with van der Waals surface area (Å²) in [6.45, 7) is 6.55. The van der Waals surface area contributed by atoms with Gasteiger partial charge in [0.05, 0.1) is 0 Å². The molecule has 1 N–H and O–H groups in total. The molecule has 80 valence electrons. The Labute approximate surface area is 88.5 Å². The van der Waals surface area contributed by atoms with Crippen LogP contribution < -0.4 is 5.32 Å². The van der Waals surface area contributed by atoms with Crippen molar-refractivity contribution in [3.63, 3.8) is 0 Å². The molecule has 0 saturated heterocycles. The Morgan fingerprint density at radius 2 is 1.64 bits per heavy atom. The smallest absolute Gasteiger partial charge is 0.0167 e. The van der Waals surface area contributed by atoms with Gasteiger partial charge in [-0.15, -0.1) is 0 Å². The molecule has 0 atom stereocenters. The first-order valence-corrected chi connectivity index (χ1v) is 5.30. The zero-order valence-electron chi connectivity index (χ0n) is 10.1. The highest BCUT2D eigenvalue weighted by atomic mass is 14.7. The van der Waals surface area contributed by atoms with E-state index in [1.165, 1.54) is 29.5 Å². The quantitative estimate of drug-likeness (QED) is 0.761. The molecule has 0 heterocycles. The van der Waals surface area contributed by atoms with Gasteiger partial charge in [-0.2, -0.15) is 0 Å². The second-order valence-electron chi connectivity index (χ2n) is 3.67. The molecule has 14 heavy (non-hydrogen) atoms. The van der Waals surface area contributed by atoms with E-state index in [0.717, 1.165) is 0 Å². The van der Waals surface area contributed by atoms with Gasteiger partial charge in [0.1, 0.15) is 0 Å². The van der Waals surface area contributed by atoms with E-state index in [9.17, 15) is 0 Å². The largest absolute Gasteiger partial charge is 0.323 e. The van der Waals surface area contributed by atoms with E-state index in [0.29, 0.717) is 0 Å². The number of benzene rings is 1. The lowest BCUT2D eigenvalue weighted by Gasteiger charge is -2.02. The summed E-state index contributed by atoms with van der Waals surface area (Å²) >= 11 is 0. The fourth-order valence-corrected chi connectivity index (χ4v) is 1.25.